The maximum atomic E-state index is 11.8. The number of rotatable bonds is 4. The van der Waals surface area contributed by atoms with Gasteiger partial charge in [-0.05, 0) is 37.1 Å². The molecule has 0 bridgehead atoms. The summed E-state index contributed by atoms with van der Waals surface area (Å²) in [5, 5.41) is 12.2. The molecule has 0 saturated carbocycles. The zero-order valence-electron chi connectivity index (χ0n) is 11.7. The van der Waals surface area contributed by atoms with Gasteiger partial charge in [0.2, 0.25) is 5.91 Å². The fourth-order valence-electron chi connectivity index (χ4n) is 2.16. The van der Waals surface area contributed by atoms with E-state index in [4.69, 9.17) is 0 Å². The molecule has 1 heterocycles. The number of carbonyl (C=O) groups excluding carboxylic acids is 1. The molecule has 1 atom stereocenters. The molecule has 1 unspecified atom stereocenters. The summed E-state index contributed by atoms with van der Waals surface area (Å²) in [6, 6.07) is 6.98. The van der Waals surface area contributed by atoms with E-state index in [1.54, 1.807) is 30.6 Å². The number of amides is 1. The first-order valence-corrected chi connectivity index (χ1v) is 6.49. The summed E-state index contributed by atoms with van der Waals surface area (Å²) in [5.41, 5.74) is 0.403. The van der Waals surface area contributed by atoms with E-state index in [0.717, 1.165) is 5.56 Å². The molecule has 1 aliphatic rings. The maximum absolute atomic E-state index is 11.8. The molecule has 1 aliphatic heterocycles. The largest absolute Gasteiger partial charge is 0.508 e. The minimum absolute atomic E-state index is 0.167. The highest BCUT2D eigenvalue weighted by atomic mass is 16.3. The fraction of sp³-hybridized carbons (Fsp3) is 0.333. The number of phenolic OH excluding ortho intramolecular Hbond substituents is 1. The predicted molar refractivity (Wildman–Crippen MR) is 78.6 cm³/mol. The van der Waals surface area contributed by atoms with Crippen molar-refractivity contribution in [3.63, 3.8) is 0 Å². The van der Waals surface area contributed by atoms with Crippen molar-refractivity contribution < 1.29 is 9.90 Å². The molecule has 1 aromatic rings. The minimum atomic E-state index is -0.554. The van der Waals surface area contributed by atoms with Crippen LogP contribution >= 0.6 is 0 Å². The second kappa shape index (κ2) is 5.77. The van der Waals surface area contributed by atoms with Crippen LogP contribution in [0.25, 0.3) is 0 Å². The predicted octanol–water partition coefficient (Wildman–Crippen LogP) is 1.30. The third-order valence-corrected chi connectivity index (χ3v) is 3.02. The lowest BCUT2D eigenvalue weighted by Gasteiger charge is -2.22. The average Bonchev–Trinajstić information content (AvgIpc) is 2.68. The summed E-state index contributed by atoms with van der Waals surface area (Å²) in [6.45, 7) is 2.55. The molecule has 20 heavy (non-hydrogen) atoms. The molecule has 106 valence electrons. The number of hydrogen-bond acceptors (Lipinski definition) is 4. The molecule has 5 nitrogen and oxygen atoms in total. The smallest absolute Gasteiger partial charge is 0.245 e. The van der Waals surface area contributed by atoms with Crippen molar-refractivity contribution in [3.8, 4) is 5.75 Å². The summed E-state index contributed by atoms with van der Waals surface area (Å²) < 4.78 is 0. The van der Waals surface area contributed by atoms with Crippen LogP contribution in [0.5, 0.6) is 5.75 Å². The van der Waals surface area contributed by atoms with E-state index in [0.29, 0.717) is 13.0 Å². The Labute approximate surface area is 118 Å². The second-order valence-electron chi connectivity index (χ2n) is 5.20. The van der Waals surface area contributed by atoms with Crippen LogP contribution in [-0.4, -0.2) is 41.5 Å². The number of allylic oxidation sites excluding steroid dienone is 1. The minimum Gasteiger partial charge on any atom is -0.508 e. The molecule has 0 radical (unpaired) electrons. The lowest BCUT2D eigenvalue weighted by atomic mass is 10.1. The van der Waals surface area contributed by atoms with Gasteiger partial charge in [0, 0.05) is 7.05 Å². The topological polar surface area (TPSA) is 64.9 Å². The Morgan fingerprint density at radius 3 is 3.05 bits per heavy atom. The van der Waals surface area contributed by atoms with Gasteiger partial charge < -0.3 is 15.3 Å². The molecule has 2 rings (SSSR count). The quantitative estimate of drug-likeness (QED) is 0.813. The van der Waals surface area contributed by atoms with Crippen LogP contribution in [0.1, 0.15) is 12.5 Å². The third kappa shape index (κ3) is 3.85. The molecule has 0 spiro atoms. The van der Waals surface area contributed by atoms with Crippen LogP contribution in [0.15, 0.2) is 41.4 Å². The first kappa shape index (κ1) is 14.1. The van der Waals surface area contributed by atoms with E-state index < -0.39 is 5.66 Å². The molecule has 0 aliphatic carbocycles. The van der Waals surface area contributed by atoms with Crippen LogP contribution in [0, 0.1) is 0 Å². The monoisotopic (exact) mass is 273 g/mol. The van der Waals surface area contributed by atoms with Gasteiger partial charge in [-0.3, -0.25) is 4.79 Å². The second-order valence-corrected chi connectivity index (χ2v) is 5.20. The van der Waals surface area contributed by atoms with Gasteiger partial charge in [0.15, 0.2) is 0 Å². The summed E-state index contributed by atoms with van der Waals surface area (Å²) in [6.07, 6.45) is 5.59. The maximum Gasteiger partial charge on any atom is 0.245 e. The molecule has 2 N–H and O–H groups in total. The number of aliphatic imine (C=N–C) groups is 1. The van der Waals surface area contributed by atoms with Crippen LogP contribution < -0.4 is 5.32 Å². The summed E-state index contributed by atoms with van der Waals surface area (Å²) in [5.74, 6) is 0.0660. The van der Waals surface area contributed by atoms with Gasteiger partial charge in [-0.15, -0.1) is 0 Å². The van der Waals surface area contributed by atoms with Crippen LogP contribution in [0.3, 0.4) is 0 Å². The summed E-state index contributed by atoms with van der Waals surface area (Å²) in [4.78, 5) is 18.0. The first-order valence-electron chi connectivity index (χ1n) is 6.49. The SMILES string of the molecule is CN1C=NC(C)(NC(=O)/C=C\Cc2cccc(O)c2)C1. The lowest BCUT2D eigenvalue weighted by Crippen LogP contribution is -2.46. The van der Waals surface area contributed by atoms with Crippen LogP contribution in [-0.2, 0) is 11.2 Å². The van der Waals surface area contributed by atoms with E-state index in [2.05, 4.69) is 10.3 Å². The van der Waals surface area contributed by atoms with Crippen molar-refractivity contribution in [2.45, 2.75) is 19.0 Å². The number of likely N-dealkylation sites (N-methyl/N-ethyl adjacent to an activating group) is 1. The number of phenols is 1. The van der Waals surface area contributed by atoms with E-state index in [-0.39, 0.29) is 11.7 Å². The summed E-state index contributed by atoms with van der Waals surface area (Å²) in [7, 11) is 1.92. The number of nitrogens with one attached hydrogen (secondary N) is 1. The van der Waals surface area contributed by atoms with Crippen LogP contribution in [0.2, 0.25) is 0 Å². The van der Waals surface area contributed by atoms with Gasteiger partial charge in [-0.1, -0.05) is 18.2 Å². The van der Waals surface area contributed by atoms with Crippen molar-refractivity contribution in [2.24, 2.45) is 4.99 Å². The molecule has 1 amide bonds. The first-order chi connectivity index (χ1) is 9.47. The third-order valence-electron chi connectivity index (χ3n) is 3.02. The molecular formula is C15H19N3O2. The number of aromatic hydroxyl groups is 1. The molecule has 1 aromatic carbocycles. The lowest BCUT2D eigenvalue weighted by molar-refractivity contribution is -0.118. The normalized spacial score (nSPS) is 21.6. The van der Waals surface area contributed by atoms with Crippen molar-refractivity contribution in [3.05, 3.63) is 42.0 Å². The molecule has 0 aromatic heterocycles. The van der Waals surface area contributed by atoms with E-state index >= 15 is 0 Å². The molecule has 0 fully saturated rings. The highest BCUT2D eigenvalue weighted by molar-refractivity contribution is 5.88. The number of benzene rings is 1. The highest BCUT2D eigenvalue weighted by Crippen LogP contribution is 2.13. The van der Waals surface area contributed by atoms with E-state index in [9.17, 15) is 9.90 Å². The van der Waals surface area contributed by atoms with Gasteiger partial charge in [-0.2, -0.15) is 0 Å². The van der Waals surface area contributed by atoms with Crippen molar-refractivity contribution in [2.75, 3.05) is 13.6 Å². The Hall–Kier alpha value is -2.30. The Bertz CT molecular complexity index is 554. The number of hydrogen-bond donors (Lipinski definition) is 2. The standard InChI is InChI=1S/C15H19N3O2/c1-15(10-18(2)11-16-15)17-14(20)8-4-6-12-5-3-7-13(19)9-12/h3-5,7-9,11,19H,6,10H2,1-2H3,(H,17,20)/b8-4-. The Kier molecular flexibility index (Phi) is 4.08. The number of nitrogens with zero attached hydrogens (tertiary/aromatic N) is 2. The Morgan fingerprint density at radius 2 is 2.40 bits per heavy atom. The molecular weight excluding hydrogens is 254 g/mol. The zero-order chi connectivity index (χ0) is 14.6. The van der Waals surface area contributed by atoms with Crippen molar-refractivity contribution >= 4 is 12.2 Å². The molecule has 5 heteroatoms. The van der Waals surface area contributed by atoms with Crippen LogP contribution in [0.4, 0.5) is 0 Å². The molecule has 0 saturated heterocycles. The Balaban J connectivity index is 1.86. The van der Waals surface area contributed by atoms with E-state index in [1.165, 1.54) is 6.08 Å². The van der Waals surface area contributed by atoms with Gasteiger partial charge in [0.1, 0.15) is 11.4 Å². The van der Waals surface area contributed by atoms with Crippen molar-refractivity contribution in [1.29, 1.82) is 0 Å². The average molecular weight is 273 g/mol. The Morgan fingerprint density at radius 1 is 1.60 bits per heavy atom. The highest BCUT2D eigenvalue weighted by Gasteiger charge is 2.29. The van der Waals surface area contributed by atoms with Crippen molar-refractivity contribution in [1.82, 2.24) is 10.2 Å². The van der Waals surface area contributed by atoms with Gasteiger partial charge in [0.05, 0.1) is 12.9 Å². The van der Waals surface area contributed by atoms with Gasteiger partial charge in [0.25, 0.3) is 0 Å². The van der Waals surface area contributed by atoms with E-state index in [1.807, 2.05) is 24.9 Å². The summed E-state index contributed by atoms with van der Waals surface area (Å²) >= 11 is 0. The van der Waals surface area contributed by atoms with Gasteiger partial charge >= 0.3 is 0 Å². The zero-order valence-corrected chi connectivity index (χ0v) is 11.7. The van der Waals surface area contributed by atoms with Gasteiger partial charge in [-0.25, -0.2) is 4.99 Å². The number of carbonyl (C=O) groups is 1. The fourth-order valence-corrected chi connectivity index (χ4v) is 2.16.